The van der Waals surface area contributed by atoms with E-state index < -0.39 is 0 Å². The molecule has 4 rings (SSSR count). The monoisotopic (exact) mass is 369 g/mol. The minimum Gasteiger partial charge on any atom is -0.336 e. The van der Waals surface area contributed by atoms with E-state index in [9.17, 15) is 4.79 Å². The number of aromatic amines is 1. The summed E-state index contributed by atoms with van der Waals surface area (Å²) in [6, 6.07) is 6.35. The van der Waals surface area contributed by atoms with Gasteiger partial charge in [-0.05, 0) is 31.5 Å². The SMILES string of the molecule is CCc1ccc(CN2CCN(C(=O)c3cnc4n[nH]c(C)c4c3)CC2)s1. The van der Waals surface area contributed by atoms with Gasteiger partial charge in [0.15, 0.2) is 5.65 Å². The number of amides is 1. The van der Waals surface area contributed by atoms with Crippen molar-refractivity contribution >= 4 is 28.3 Å². The third-order valence-corrected chi connectivity index (χ3v) is 6.17. The Balaban J connectivity index is 1.38. The second kappa shape index (κ2) is 7.17. The van der Waals surface area contributed by atoms with Crippen molar-refractivity contribution in [1.29, 1.82) is 0 Å². The van der Waals surface area contributed by atoms with Crippen LogP contribution in [0.3, 0.4) is 0 Å². The van der Waals surface area contributed by atoms with Gasteiger partial charge in [0.1, 0.15) is 0 Å². The Labute approximate surface area is 156 Å². The highest BCUT2D eigenvalue weighted by Gasteiger charge is 2.23. The molecule has 1 N–H and O–H groups in total. The number of rotatable bonds is 4. The molecule has 26 heavy (non-hydrogen) atoms. The van der Waals surface area contributed by atoms with E-state index in [-0.39, 0.29) is 5.91 Å². The lowest BCUT2D eigenvalue weighted by molar-refractivity contribution is 0.0629. The van der Waals surface area contributed by atoms with Crippen LogP contribution in [0.25, 0.3) is 11.0 Å². The molecule has 0 atom stereocenters. The zero-order chi connectivity index (χ0) is 18.1. The lowest BCUT2D eigenvalue weighted by Crippen LogP contribution is -2.48. The van der Waals surface area contributed by atoms with Gasteiger partial charge in [-0.15, -0.1) is 11.3 Å². The van der Waals surface area contributed by atoms with E-state index in [1.165, 1.54) is 9.75 Å². The number of fused-ring (bicyclic) bond motifs is 1. The fraction of sp³-hybridized carbons (Fsp3) is 0.421. The number of carbonyl (C=O) groups excluding carboxylic acids is 1. The fourth-order valence-electron chi connectivity index (χ4n) is 3.35. The summed E-state index contributed by atoms with van der Waals surface area (Å²) in [6.07, 6.45) is 2.73. The molecule has 0 spiro atoms. The number of pyridine rings is 1. The van der Waals surface area contributed by atoms with Crippen LogP contribution < -0.4 is 0 Å². The molecule has 7 heteroatoms. The Kier molecular flexibility index (Phi) is 4.74. The number of nitrogens with zero attached hydrogens (tertiary/aromatic N) is 4. The Bertz CT molecular complexity index is 923. The summed E-state index contributed by atoms with van der Waals surface area (Å²) in [6.45, 7) is 8.45. The first kappa shape index (κ1) is 17.2. The van der Waals surface area contributed by atoms with Gasteiger partial charge in [0.25, 0.3) is 5.91 Å². The number of aromatic nitrogens is 3. The molecule has 1 amide bonds. The summed E-state index contributed by atoms with van der Waals surface area (Å²) in [7, 11) is 0. The molecule has 3 aromatic heterocycles. The topological polar surface area (TPSA) is 65.1 Å². The van der Waals surface area contributed by atoms with Crippen LogP contribution in [-0.4, -0.2) is 57.1 Å². The number of aryl methyl sites for hydroxylation is 2. The van der Waals surface area contributed by atoms with Gasteiger partial charge in [0, 0.05) is 59.8 Å². The fourth-order valence-corrected chi connectivity index (χ4v) is 4.35. The first-order valence-electron chi connectivity index (χ1n) is 9.04. The highest BCUT2D eigenvalue weighted by atomic mass is 32.1. The average molecular weight is 369 g/mol. The maximum atomic E-state index is 12.8. The quantitative estimate of drug-likeness (QED) is 0.768. The summed E-state index contributed by atoms with van der Waals surface area (Å²) >= 11 is 1.89. The van der Waals surface area contributed by atoms with E-state index in [0.717, 1.165) is 50.2 Å². The first-order chi connectivity index (χ1) is 12.6. The number of thiophene rings is 1. The largest absolute Gasteiger partial charge is 0.336 e. The molecule has 0 aromatic carbocycles. The molecular formula is C19H23N5OS. The van der Waals surface area contributed by atoms with Crippen molar-refractivity contribution in [2.24, 2.45) is 0 Å². The summed E-state index contributed by atoms with van der Waals surface area (Å²) in [4.78, 5) is 24.3. The molecule has 1 aliphatic rings. The van der Waals surface area contributed by atoms with Crippen molar-refractivity contribution in [1.82, 2.24) is 25.0 Å². The maximum absolute atomic E-state index is 12.8. The van der Waals surface area contributed by atoms with Crippen molar-refractivity contribution < 1.29 is 4.79 Å². The van der Waals surface area contributed by atoms with Crippen molar-refractivity contribution in [3.8, 4) is 0 Å². The minimum absolute atomic E-state index is 0.0593. The van der Waals surface area contributed by atoms with E-state index >= 15 is 0 Å². The number of hydrogen-bond donors (Lipinski definition) is 1. The first-order valence-corrected chi connectivity index (χ1v) is 9.85. The molecule has 0 aliphatic carbocycles. The van der Waals surface area contributed by atoms with E-state index in [1.54, 1.807) is 6.20 Å². The van der Waals surface area contributed by atoms with Crippen LogP contribution in [-0.2, 0) is 13.0 Å². The zero-order valence-corrected chi connectivity index (χ0v) is 16.0. The molecule has 3 aromatic rings. The van der Waals surface area contributed by atoms with E-state index in [2.05, 4.69) is 39.1 Å². The van der Waals surface area contributed by atoms with Crippen LogP contribution in [0.2, 0.25) is 0 Å². The molecule has 1 aliphatic heterocycles. The highest BCUT2D eigenvalue weighted by molar-refractivity contribution is 7.11. The van der Waals surface area contributed by atoms with Crippen LogP contribution in [0.1, 0.15) is 32.7 Å². The number of hydrogen-bond acceptors (Lipinski definition) is 5. The molecular weight excluding hydrogens is 346 g/mol. The smallest absolute Gasteiger partial charge is 0.255 e. The van der Waals surface area contributed by atoms with E-state index in [0.29, 0.717) is 11.2 Å². The van der Waals surface area contributed by atoms with Crippen LogP contribution in [0.4, 0.5) is 0 Å². The molecule has 0 unspecified atom stereocenters. The second-order valence-corrected chi connectivity index (χ2v) is 7.99. The second-order valence-electron chi connectivity index (χ2n) is 6.73. The van der Waals surface area contributed by atoms with Gasteiger partial charge in [0.05, 0.1) is 5.56 Å². The number of carbonyl (C=O) groups is 1. The average Bonchev–Trinajstić information content (AvgIpc) is 3.28. The van der Waals surface area contributed by atoms with Gasteiger partial charge in [-0.2, -0.15) is 5.10 Å². The minimum atomic E-state index is 0.0593. The Morgan fingerprint density at radius 1 is 1.23 bits per heavy atom. The molecule has 0 saturated carbocycles. The predicted octanol–water partition coefficient (Wildman–Crippen LogP) is 2.85. The van der Waals surface area contributed by atoms with Gasteiger partial charge < -0.3 is 4.90 Å². The molecule has 1 fully saturated rings. The molecule has 0 bridgehead atoms. The van der Waals surface area contributed by atoms with Crippen molar-refractivity contribution in [2.45, 2.75) is 26.8 Å². The van der Waals surface area contributed by atoms with Crippen molar-refractivity contribution in [3.63, 3.8) is 0 Å². The lowest BCUT2D eigenvalue weighted by atomic mass is 10.1. The van der Waals surface area contributed by atoms with Gasteiger partial charge in [-0.3, -0.25) is 14.8 Å². The van der Waals surface area contributed by atoms with Crippen LogP contribution >= 0.6 is 11.3 Å². The summed E-state index contributed by atoms with van der Waals surface area (Å²) < 4.78 is 0. The lowest BCUT2D eigenvalue weighted by Gasteiger charge is -2.34. The van der Waals surface area contributed by atoms with Crippen LogP contribution in [0.5, 0.6) is 0 Å². The Morgan fingerprint density at radius 3 is 2.73 bits per heavy atom. The number of piperazine rings is 1. The van der Waals surface area contributed by atoms with Gasteiger partial charge in [-0.1, -0.05) is 6.92 Å². The van der Waals surface area contributed by atoms with Crippen molar-refractivity contribution in [2.75, 3.05) is 26.2 Å². The summed E-state index contributed by atoms with van der Waals surface area (Å²) in [5, 5.41) is 7.95. The van der Waals surface area contributed by atoms with Gasteiger partial charge >= 0.3 is 0 Å². The van der Waals surface area contributed by atoms with Gasteiger partial charge in [-0.25, -0.2) is 4.98 Å². The molecule has 4 heterocycles. The summed E-state index contributed by atoms with van der Waals surface area (Å²) in [5.41, 5.74) is 2.24. The number of nitrogens with one attached hydrogen (secondary N) is 1. The molecule has 1 saturated heterocycles. The maximum Gasteiger partial charge on any atom is 0.255 e. The van der Waals surface area contributed by atoms with Crippen molar-refractivity contribution in [3.05, 3.63) is 45.4 Å². The summed E-state index contributed by atoms with van der Waals surface area (Å²) in [5.74, 6) is 0.0593. The normalized spacial score (nSPS) is 15.7. The van der Waals surface area contributed by atoms with E-state index in [1.807, 2.05) is 29.2 Å². The zero-order valence-electron chi connectivity index (χ0n) is 15.2. The molecule has 0 radical (unpaired) electrons. The molecule has 136 valence electrons. The Morgan fingerprint density at radius 2 is 2.00 bits per heavy atom. The molecule has 6 nitrogen and oxygen atoms in total. The third-order valence-electron chi connectivity index (χ3n) is 4.95. The third kappa shape index (κ3) is 3.37. The van der Waals surface area contributed by atoms with Gasteiger partial charge in [0.2, 0.25) is 0 Å². The number of H-pyrrole nitrogens is 1. The van der Waals surface area contributed by atoms with E-state index in [4.69, 9.17) is 0 Å². The predicted molar refractivity (Wildman–Crippen MR) is 104 cm³/mol. The van der Waals surface area contributed by atoms with Crippen LogP contribution in [0, 0.1) is 6.92 Å². The Hall–Kier alpha value is -2.25. The highest BCUT2D eigenvalue weighted by Crippen LogP contribution is 2.20. The van der Waals surface area contributed by atoms with Crippen LogP contribution in [0.15, 0.2) is 24.4 Å². The standard InChI is InChI=1S/C19H23N5OS/c1-3-15-4-5-16(26-15)12-23-6-8-24(9-7-23)19(25)14-10-17-13(2)21-22-18(17)20-11-14/h4-5,10-11H,3,6-9,12H2,1-2H3,(H,20,21,22).